The number of phenols is 1. The van der Waals surface area contributed by atoms with E-state index < -0.39 is 5.97 Å². The van der Waals surface area contributed by atoms with E-state index in [2.05, 4.69) is 10.3 Å². The number of para-hydroxylation sites is 1. The number of H-pyrrole nitrogens is 1. The van der Waals surface area contributed by atoms with E-state index in [0.29, 0.717) is 22.3 Å². The molecule has 2 heterocycles. The summed E-state index contributed by atoms with van der Waals surface area (Å²) in [4.78, 5) is 26.4. The molecule has 0 fully saturated rings. The molecular formula is C18H12N2O4. The van der Waals surface area contributed by atoms with Gasteiger partial charge in [-0.15, -0.1) is 0 Å². The molecule has 0 aliphatic carbocycles. The second kappa shape index (κ2) is 4.99. The Bertz CT molecular complexity index is 1050. The van der Waals surface area contributed by atoms with Crippen LogP contribution >= 0.6 is 0 Å². The van der Waals surface area contributed by atoms with Gasteiger partial charge in [-0.25, -0.2) is 4.79 Å². The minimum absolute atomic E-state index is 0.118. The van der Waals surface area contributed by atoms with Crippen molar-refractivity contribution in [3.8, 4) is 5.75 Å². The molecule has 6 nitrogen and oxygen atoms in total. The maximum atomic E-state index is 12.3. The van der Waals surface area contributed by atoms with Crippen LogP contribution in [0.2, 0.25) is 0 Å². The third-order valence-corrected chi connectivity index (χ3v) is 4.07. The van der Waals surface area contributed by atoms with Crippen LogP contribution in [0.5, 0.6) is 5.75 Å². The van der Waals surface area contributed by atoms with Gasteiger partial charge in [-0.1, -0.05) is 12.1 Å². The number of carboxylic acid groups (broad SMARTS) is 1. The number of aromatic carboxylic acids is 1. The molecule has 2 aromatic carbocycles. The SMILES string of the molecule is O=C1Nc2ccc(C(=O)O)cc2C1=Cc1c[nH]c2c(O)cccc12. The molecule has 0 unspecified atom stereocenters. The number of phenolic OH excluding ortho intramolecular Hbond substituents is 1. The van der Waals surface area contributed by atoms with Crippen molar-refractivity contribution in [2.45, 2.75) is 0 Å². The first-order valence-electron chi connectivity index (χ1n) is 7.24. The maximum Gasteiger partial charge on any atom is 0.335 e. The number of carboxylic acids is 1. The van der Waals surface area contributed by atoms with Crippen LogP contribution in [0.1, 0.15) is 21.5 Å². The van der Waals surface area contributed by atoms with Crippen LogP contribution in [0.3, 0.4) is 0 Å². The van der Waals surface area contributed by atoms with Crippen molar-refractivity contribution >= 4 is 40.1 Å². The van der Waals surface area contributed by atoms with Crippen LogP contribution < -0.4 is 5.32 Å². The normalized spacial score (nSPS) is 14.8. The summed E-state index contributed by atoms with van der Waals surface area (Å²) in [7, 11) is 0. The average Bonchev–Trinajstić information content (AvgIpc) is 3.10. The predicted octanol–water partition coefficient (Wildman–Crippen LogP) is 3.06. The van der Waals surface area contributed by atoms with E-state index in [1.807, 2.05) is 6.07 Å². The van der Waals surface area contributed by atoms with Crippen molar-refractivity contribution in [3.63, 3.8) is 0 Å². The molecule has 0 spiro atoms. The molecule has 3 aromatic rings. The summed E-state index contributed by atoms with van der Waals surface area (Å²) in [6.45, 7) is 0. The van der Waals surface area contributed by atoms with Gasteiger partial charge in [0.05, 0.1) is 11.1 Å². The Labute approximate surface area is 136 Å². The molecule has 6 heteroatoms. The number of amides is 1. The number of carbonyl (C=O) groups is 2. The number of hydrogen-bond donors (Lipinski definition) is 4. The molecule has 0 atom stereocenters. The number of rotatable bonds is 2. The first-order valence-corrected chi connectivity index (χ1v) is 7.24. The van der Waals surface area contributed by atoms with Gasteiger partial charge in [0.15, 0.2) is 0 Å². The Balaban J connectivity index is 1.89. The van der Waals surface area contributed by atoms with Crippen molar-refractivity contribution in [2.75, 3.05) is 5.32 Å². The van der Waals surface area contributed by atoms with Gasteiger partial charge in [0, 0.05) is 34.0 Å². The van der Waals surface area contributed by atoms with Gasteiger partial charge < -0.3 is 20.5 Å². The molecule has 0 saturated carbocycles. The van der Waals surface area contributed by atoms with Crippen molar-refractivity contribution in [1.29, 1.82) is 0 Å². The topological polar surface area (TPSA) is 102 Å². The largest absolute Gasteiger partial charge is 0.506 e. The molecule has 1 aromatic heterocycles. The van der Waals surface area contributed by atoms with Crippen LogP contribution in [0.15, 0.2) is 42.6 Å². The van der Waals surface area contributed by atoms with E-state index in [-0.39, 0.29) is 17.2 Å². The second-order valence-electron chi connectivity index (χ2n) is 5.52. The quantitative estimate of drug-likeness (QED) is 0.545. The Morgan fingerprint density at radius 2 is 2.00 bits per heavy atom. The molecule has 0 radical (unpaired) electrons. The standard InChI is InChI=1S/C18H12N2O4/c21-15-3-1-2-11-10(8-19-16(11)15)7-13-12-6-9(18(23)24)4-5-14(12)20-17(13)22/h1-8,19,21H,(H,20,22)(H,23,24). The summed E-state index contributed by atoms with van der Waals surface area (Å²) >= 11 is 0. The summed E-state index contributed by atoms with van der Waals surface area (Å²) in [5.74, 6) is -1.21. The highest BCUT2D eigenvalue weighted by molar-refractivity contribution is 6.35. The fourth-order valence-electron chi connectivity index (χ4n) is 2.90. The lowest BCUT2D eigenvalue weighted by Gasteiger charge is -2.01. The fourth-order valence-corrected chi connectivity index (χ4v) is 2.90. The Morgan fingerprint density at radius 1 is 1.17 bits per heavy atom. The summed E-state index contributed by atoms with van der Waals surface area (Å²) < 4.78 is 0. The molecule has 4 N–H and O–H groups in total. The first-order chi connectivity index (χ1) is 11.5. The maximum absolute atomic E-state index is 12.3. The summed E-state index contributed by atoms with van der Waals surface area (Å²) in [6, 6.07) is 9.64. The first kappa shape index (κ1) is 14.1. The number of fused-ring (bicyclic) bond motifs is 2. The van der Waals surface area contributed by atoms with Gasteiger partial charge in [-0.2, -0.15) is 0 Å². The van der Waals surface area contributed by atoms with Gasteiger partial charge in [0.1, 0.15) is 5.75 Å². The van der Waals surface area contributed by atoms with Crippen molar-refractivity contribution in [2.24, 2.45) is 0 Å². The Kier molecular flexibility index (Phi) is 2.93. The van der Waals surface area contributed by atoms with Crippen LogP contribution in [-0.2, 0) is 4.79 Å². The molecule has 1 aliphatic rings. The Hall–Kier alpha value is -3.54. The highest BCUT2D eigenvalue weighted by Crippen LogP contribution is 2.35. The van der Waals surface area contributed by atoms with Crippen molar-refractivity contribution < 1.29 is 19.8 Å². The lowest BCUT2D eigenvalue weighted by molar-refractivity contribution is -0.110. The van der Waals surface area contributed by atoms with E-state index >= 15 is 0 Å². The smallest absolute Gasteiger partial charge is 0.335 e. The number of aromatic amines is 1. The number of benzene rings is 2. The van der Waals surface area contributed by atoms with E-state index in [1.54, 1.807) is 30.5 Å². The van der Waals surface area contributed by atoms with Crippen LogP contribution in [0.4, 0.5) is 5.69 Å². The zero-order valence-electron chi connectivity index (χ0n) is 12.3. The van der Waals surface area contributed by atoms with Crippen LogP contribution in [0, 0.1) is 0 Å². The third-order valence-electron chi connectivity index (χ3n) is 4.07. The van der Waals surface area contributed by atoms with Gasteiger partial charge in [-0.05, 0) is 30.3 Å². The fraction of sp³-hybridized carbons (Fsp3) is 0. The second-order valence-corrected chi connectivity index (χ2v) is 5.52. The summed E-state index contributed by atoms with van der Waals surface area (Å²) in [6.07, 6.45) is 3.38. The van der Waals surface area contributed by atoms with E-state index in [0.717, 1.165) is 10.9 Å². The lowest BCUT2D eigenvalue weighted by atomic mass is 10.0. The molecule has 118 valence electrons. The van der Waals surface area contributed by atoms with Gasteiger partial charge >= 0.3 is 5.97 Å². The molecule has 1 amide bonds. The van der Waals surface area contributed by atoms with Crippen LogP contribution in [-0.4, -0.2) is 27.1 Å². The highest BCUT2D eigenvalue weighted by Gasteiger charge is 2.25. The molecule has 4 rings (SSSR count). The number of hydrogen-bond acceptors (Lipinski definition) is 3. The van der Waals surface area contributed by atoms with Gasteiger partial charge in [0.2, 0.25) is 0 Å². The third kappa shape index (κ3) is 2.04. The van der Waals surface area contributed by atoms with Crippen LogP contribution in [0.25, 0.3) is 22.6 Å². The minimum Gasteiger partial charge on any atom is -0.506 e. The monoisotopic (exact) mass is 320 g/mol. The van der Waals surface area contributed by atoms with Crippen molar-refractivity contribution in [3.05, 3.63) is 59.3 Å². The molecule has 0 saturated heterocycles. The van der Waals surface area contributed by atoms with Gasteiger partial charge in [-0.3, -0.25) is 4.79 Å². The number of anilines is 1. The van der Waals surface area contributed by atoms with E-state index in [4.69, 9.17) is 5.11 Å². The molecule has 1 aliphatic heterocycles. The summed E-state index contributed by atoms with van der Waals surface area (Å²) in [5.41, 5.74) is 2.96. The summed E-state index contributed by atoms with van der Waals surface area (Å²) in [5, 5.41) is 22.5. The number of aromatic nitrogens is 1. The minimum atomic E-state index is -1.05. The Morgan fingerprint density at radius 3 is 2.79 bits per heavy atom. The number of nitrogens with one attached hydrogen (secondary N) is 2. The van der Waals surface area contributed by atoms with Gasteiger partial charge in [0.25, 0.3) is 5.91 Å². The van der Waals surface area contributed by atoms with E-state index in [1.165, 1.54) is 12.1 Å². The molecule has 0 bridgehead atoms. The predicted molar refractivity (Wildman–Crippen MR) is 89.9 cm³/mol. The van der Waals surface area contributed by atoms with E-state index in [9.17, 15) is 14.7 Å². The number of aromatic hydroxyl groups is 1. The lowest BCUT2D eigenvalue weighted by Crippen LogP contribution is -2.03. The zero-order chi connectivity index (χ0) is 16.8. The zero-order valence-corrected chi connectivity index (χ0v) is 12.3. The van der Waals surface area contributed by atoms with Crippen molar-refractivity contribution in [1.82, 2.24) is 4.98 Å². The number of carbonyl (C=O) groups excluding carboxylic acids is 1. The molecular weight excluding hydrogens is 308 g/mol. The molecule has 24 heavy (non-hydrogen) atoms. The average molecular weight is 320 g/mol. The highest BCUT2D eigenvalue weighted by atomic mass is 16.4.